The molecule has 0 saturated carbocycles. The van der Waals surface area contributed by atoms with Crippen LogP contribution in [0.4, 0.5) is 0 Å². The topological polar surface area (TPSA) is 50.9 Å². The summed E-state index contributed by atoms with van der Waals surface area (Å²) in [5, 5.41) is 19.1. The van der Waals surface area contributed by atoms with Crippen LogP contribution < -0.4 is 0 Å². The van der Waals surface area contributed by atoms with Crippen molar-refractivity contribution < 1.29 is 5.11 Å². The maximum absolute atomic E-state index is 10.3. The van der Waals surface area contributed by atoms with E-state index in [9.17, 15) is 5.11 Å². The smallest absolute Gasteiger partial charge is 0.146 e. The lowest BCUT2D eigenvalue weighted by molar-refractivity contribution is 0.463. The van der Waals surface area contributed by atoms with Crippen molar-refractivity contribution >= 4 is 18.3 Å². The number of hydrogen-bond acceptors (Lipinski definition) is 3. The monoisotopic (exact) mass is 294 g/mol. The first kappa shape index (κ1) is 16.1. The predicted octanol–water partition coefficient (Wildman–Crippen LogP) is 3.71. The molecular formula is C17H21BN3O. The van der Waals surface area contributed by atoms with Crippen LogP contribution in [0.1, 0.15) is 25.0 Å². The molecule has 113 valence electrons. The molecule has 0 aliphatic carbocycles. The van der Waals surface area contributed by atoms with E-state index in [1.54, 1.807) is 0 Å². The van der Waals surface area contributed by atoms with Gasteiger partial charge >= 0.3 is 0 Å². The minimum absolute atomic E-state index is 0.227. The van der Waals surface area contributed by atoms with Crippen LogP contribution in [0, 0.1) is 6.92 Å². The fourth-order valence-corrected chi connectivity index (χ4v) is 2.31. The maximum atomic E-state index is 10.3. The summed E-state index contributed by atoms with van der Waals surface area (Å²) in [6.45, 7) is 7.91. The van der Waals surface area contributed by atoms with Crippen LogP contribution in [0.15, 0.2) is 36.4 Å². The van der Waals surface area contributed by atoms with Gasteiger partial charge in [0, 0.05) is 0 Å². The maximum Gasteiger partial charge on any atom is 0.146 e. The molecule has 0 atom stereocenters. The van der Waals surface area contributed by atoms with Gasteiger partial charge in [-0.25, -0.2) is 0 Å². The first-order valence-electron chi connectivity index (χ1n) is 7.62. The first-order valence-corrected chi connectivity index (χ1v) is 7.62. The molecule has 22 heavy (non-hydrogen) atoms. The Morgan fingerprint density at radius 3 is 2.23 bits per heavy atom. The number of phenolic OH excluding ortho intramolecular Hbond substituents is 1. The van der Waals surface area contributed by atoms with Crippen molar-refractivity contribution in [2.24, 2.45) is 0 Å². The van der Waals surface area contributed by atoms with Gasteiger partial charge in [-0.3, -0.25) is 0 Å². The number of rotatable bonds is 3. The SMILES string of the molecule is CC.C[B]Cc1cc(C)c(O)c(-n2nc3ccccc3n2)c1. The molecule has 0 amide bonds. The van der Waals surface area contributed by atoms with Crippen molar-refractivity contribution in [2.75, 3.05) is 0 Å². The van der Waals surface area contributed by atoms with Crippen molar-refractivity contribution in [3.05, 3.63) is 47.5 Å². The van der Waals surface area contributed by atoms with E-state index >= 15 is 0 Å². The third kappa shape index (κ3) is 3.13. The normalized spacial score (nSPS) is 10.2. The van der Waals surface area contributed by atoms with E-state index in [-0.39, 0.29) is 5.75 Å². The molecule has 1 heterocycles. The highest BCUT2D eigenvalue weighted by Gasteiger charge is 2.12. The lowest BCUT2D eigenvalue weighted by Crippen LogP contribution is -2.02. The molecule has 0 saturated heterocycles. The van der Waals surface area contributed by atoms with E-state index in [0.717, 1.165) is 28.5 Å². The molecule has 5 heteroatoms. The Kier molecular flexibility index (Phi) is 5.20. The van der Waals surface area contributed by atoms with Crippen molar-refractivity contribution in [2.45, 2.75) is 33.9 Å². The van der Waals surface area contributed by atoms with E-state index in [1.165, 1.54) is 4.80 Å². The Labute approximate surface area is 132 Å². The highest BCUT2D eigenvalue weighted by molar-refractivity contribution is 6.32. The fraction of sp³-hybridized carbons (Fsp3) is 0.294. The molecule has 4 nitrogen and oxygen atoms in total. The molecule has 0 bridgehead atoms. The lowest BCUT2D eigenvalue weighted by atomic mass is 9.75. The Morgan fingerprint density at radius 2 is 1.68 bits per heavy atom. The average molecular weight is 294 g/mol. The third-order valence-corrected chi connectivity index (χ3v) is 3.28. The van der Waals surface area contributed by atoms with Crippen molar-refractivity contribution in [3.8, 4) is 11.4 Å². The fourth-order valence-electron chi connectivity index (χ4n) is 2.31. The van der Waals surface area contributed by atoms with Gasteiger partial charge < -0.3 is 5.11 Å². The quantitative estimate of drug-likeness (QED) is 0.749. The number of aromatic hydroxyl groups is 1. The van der Waals surface area contributed by atoms with Crippen molar-refractivity contribution in [1.29, 1.82) is 0 Å². The lowest BCUT2D eigenvalue weighted by Gasteiger charge is -2.09. The van der Waals surface area contributed by atoms with Gasteiger partial charge in [-0.05, 0) is 30.7 Å². The zero-order valence-electron chi connectivity index (χ0n) is 13.5. The summed E-state index contributed by atoms with van der Waals surface area (Å²) in [6.07, 6.45) is 0.856. The largest absolute Gasteiger partial charge is 0.505 e. The van der Waals surface area contributed by atoms with Gasteiger partial charge in [0.1, 0.15) is 29.7 Å². The summed E-state index contributed by atoms with van der Waals surface area (Å²) in [5.74, 6) is 0.227. The van der Waals surface area contributed by atoms with E-state index < -0.39 is 0 Å². The molecular weight excluding hydrogens is 273 g/mol. The van der Waals surface area contributed by atoms with Gasteiger partial charge in [-0.15, -0.1) is 15.0 Å². The van der Waals surface area contributed by atoms with E-state index in [4.69, 9.17) is 0 Å². The first-order chi connectivity index (χ1) is 10.7. The van der Waals surface area contributed by atoms with Crippen LogP contribution in [0.3, 0.4) is 0 Å². The number of fused-ring (bicyclic) bond motifs is 1. The molecule has 0 aliphatic heterocycles. The highest BCUT2D eigenvalue weighted by atomic mass is 16.3. The predicted molar refractivity (Wildman–Crippen MR) is 91.9 cm³/mol. The highest BCUT2D eigenvalue weighted by Crippen LogP contribution is 2.27. The summed E-state index contributed by atoms with van der Waals surface area (Å²) in [5.41, 5.74) is 4.23. The molecule has 3 aromatic rings. The summed E-state index contributed by atoms with van der Waals surface area (Å²) in [4.78, 5) is 1.51. The van der Waals surface area contributed by atoms with Crippen LogP contribution in [-0.4, -0.2) is 27.4 Å². The van der Waals surface area contributed by atoms with Gasteiger partial charge in [0.15, 0.2) is 0 Å². The van der Waals surface area contributed by atoms with Crippen LogP contribution in [0.25, 0.3) is 16.7 Å². The van der Waals surface area contributed by atoms with Gasteiger partial charge in [0.25, 0.3) is 0 Å². The van der Waals surface area contributed by atoms with E-state index in [0.29, 0.717) is 5.69 Å². The summed E-state index contributed by atoms with van der Waals surface area (Å²) < 4.78 is 0. The van der Waals surface area contributed by atoms with Gasteiger partial charge in [0.05, 0.1) is 0 Å². The molecule has 1 N–H and O–H groups in total. The van der Waals surface area contributed by atoms with Gasteiger partial charge in [-0.1, -0.05) is 50.8 Å². The number of hydrogen-bond donors (Lipinski definition) is 1. The zero-order chi connectivity index (χ0) is 16.1. The van der Waals surface area contributed by atoms with Crippen LogP contribution in [0.2, 0.25) is 6.82 Å². The Balaban J connectivity index is 0.000000847. The Bertz CT molecular complexity index is 735. The molecule has 3 rings (SSSR count). The van der Waals surface area contributed by atoms with Crippen LogP contribution in [-0.2, 0) is 6.32 Å². The second-order valence-corrected chi connectivity index (χ2v) is 4.87. The third-order valence-electron chi connectivity index (χ3n) is 3.28. The van der Waals surface area contributed by atoms with Gasteiger partial charge in [-0.2, -0.15) is 0 Å². The number of phenols is 1. The van der Waals surface area contributed by atoms with E-state index in [1.807, 2.05) is 64.0 Å². The van der Waals surface area contributed by atoms with Crippen molar-refractivity contribution in [3.63, 3.8) is 0 Å². The van der Waals surface area contributed by atoms with Gasteiger partial charge in [0.2, 0.25) is 0 Å². The summed E-state index contributed by atoms with van der Waals surface area (Å²) in [7, 11) is 2.09. The molecule has 1 aromatic heterocycles. The van der Waals surface area contributed by atoms with Crippen molar-refractivity contribution in [1.82, 2.24) is 15.0 Å². The molecule has 0 aliphatic rings. The van der Waals surface area contributed by atoms with E-state index in [2.05, 4.69) is 17.5 Å². The number of benzene rings is 2. The van der Waals surface area contributed by atoms with Crippen LogP contribution in [0.5, 0.6) is 5.75 Å². The second-order valence-electron chi connectivity index (χ2n) is 4.87. The standard InChI is InChI=1S/C15H15BN3O.C2H6/c1-10-7-11(9-16-2)8-14(15(10)20)19-17-12-5-3-4-6-13(12)18-19;1-2/h3-8,20H,9H2,1-2H3;1-2H3. The summed E-state index contributed by atoms with van der Waals surface area (Å²) >= 11 is 0. The Hall–Kier alpha value is -2.30. The van der Waals surface area contributed by atoms with Crippen LogP contribution >= 0.6 is 0 Å². The number of nitrogens with zero attached hydrogens (tertiary/aromatic N) is 3. The molecule has 2 aromatic carbocycles. The molecule has 0 spiro atoms. The minimum Gasteiger partial charge on any atom is -0.505 e. The molecule has 1 radical (unpaired) electrons. The summed E-state index contributed by atoms with van der Waals surface area (Å²) in [6, 6.07) is 11.6. The zero-order valence-corrected chi connectivity index (χ0v) is 13.5. The number of aromatic nitrogens is 3. The molecule has 0 unspecified atom stereocenters. The second kappa shape index (κ2) is 7.12. The average Bonchev–Trinajstić information content (AvgIpc) is 2.96. The Morgan fingerprint density at radius 1 is 1.09 bits per heavy atom. The molecule has 0 fully saturated rings. The minimum atomic E-state index is 0.227. The number of aryl methyl sites for hydroxylation is 1.